The Hall–Kier alpha value is -2.45. The molecule has 2 fully saturated rings. The molecule has 0 amide bonds. The van der Waals surface area contributed by atoms with Crippen LogP contribution in [0.25, 0.3) is 0 Å². The van der Waals surface area contributed by atoms with E-state index in [0.717, 1.165) is 34.3 Å². The normalized spacial score (nSPS) is 25.8. The number of alkyl halides is 2. The molecule has 1 unspecified atom stereocenters. The molecular formula is C24H28F2N2O7S2. The number of hydrogen-bond donors (Lipinski definition) is 1. The minimum Gasteiger partial charge on any atom is -0.628 e. The van der Waals surface area contributed by atoms with Gasteiger partial charge >= 0.3 is 12.6 Å². The Balaban J connectivity index is 1.53. The molecule has 202 valence electrons. The Labute approximate surface area is 218 Å². The van der Waals surface area contributed by atoms with Crippen LogP contribution in [0.2, 0.25) is 0 Å². The first-order chi connectivity index (χ1) is 17.7. The van der Waals surface area contributed by atoms with Crippen LogP contribution < -0.4 is 14.5 Å². The number of nitrogens with one attached hydrogen (secondary N) is 1. The predicted octanol–water partition coefficient (Wildman–Crippen LogP) is 2.52. The fraction of sp³-hybridized carbons (Fsp3) is 0.458. The molecule has 13 heteroatoms. The topological polar surface area (TPSA) is 110 Å². The van der Waals surface area contributed by atoms with E-state index in [1.807, 2.05) is 0 Å². The number of hydrogen-bond acceptors (Lipinski definition) is 8. The van der Waals surface area contributed by atoms with Gasteiger partial charge in [-0.15, -0.1) is 11.8 Å². The number of hydroxylamine groups is 2. The molecule has 37 heavy (non-hydrogen) atoms. The van der Waals surface area contributed by atoms with Crippen molar-refractivity contribution < 1.29 is 41.3 Å². The van der Waals surface area contributed by atoms with E-state index in [1.165, 1.54) is 24.4 Å². The number of nitrogens with zero attached hydrogens (tertiary/aromatic N) is 1. The molecule has 1 saturated carbocycles. The van der Waals surface area contributed by atoms with E-state index in [0.29, 0.717) is 23.8 Å². The number of rotatable bonds is 12. The molecule has 0 bridgehead atoms. The lowest BCUT2D eigenvalue weighted by molar-refractivity contribution is -0.855. The molecule has 3 atom stereocenters. The third-order valence-corrected chi connectivity index (χ3v) is 9.14. The highest BCUT2D eigenvalue weighted by Crippen LogP contribution is 2.37. The van der Waals surface area contributed by atoms with Gasteiger partial charge in [-0.1, -0.05) is 12.7 Å². The molecule has 1 aliphatic carbocycles. The fourth-order valence-electron chi connectivity index (χ4n) is 4.15. The van der Waals surface area contributed by atoms with E-state index in [4.69, 9.17) is 9.47 Å². The number of carbonyl (C=O) groups excluding carboxylic acids is 1. The first-order valence-electron chi connectivity index (χ1n) is 11.7. The molecule has 1 aromatic rings. The van der Waals surface area contributed by atoms with Gasteiger partial charge in [0.05, 0.1) is 19.4 Å². The van der Waals surface area contributed by atoms with Crippen molar-refractivity contribution in [2.24, 2.45) is 5.92 Å². The van der Waals surface area contributed by atoms with Crippen LogP contribution in [-0.2, 0) is 25.1 Å². The third-order valence-electron chi connectivity index (χ3n) is 6.35. The van der Waals surface area contributed by atoms with Crippen molar-refractivity contribution in [2.75, 3.05) is 25.5 Å². The van der Waals surface area contributed by atoms with Crippen molar-refractivity contribution in [1.82, 2.24) is 4.31 Å². The highest BCUT2D eigenvalue weighted by atomic mass is 32.2. The molecule has 1 saturated heterocycles. The van der Waals surface area contributed by atoms with Crippen LogP contribution in [0, 0.1) is 11.1 Å². The van der Waals surface area contributed by atoms with Crippen molar-refractivity contribution in [3.05, 3.63) is 65.4 Å². The number of ether oxygens (including phenoxy) is 3. The minimum absolute atomic E-state index is 0.0428. The standard InChI is InChI=1S/C24H28F2N2O7S2/c1-2-37(31,32)27-12-14-36-21(27)22(29)33-13-10-24(9-3-4-11-28(24)30)18-7-8-19(35-23(25)26)20(15-18)34-16-17-5-6-17/h2-4,7-9,11,15,17,21,23,28H,1,5-6,10,12-14,16H2/t21-,24+/m0/s1. The molecule has 2 aliphatic heterocycles. The van der Waals surface area contributed by atoms with Crippen LogP contribution in [0.15, 0.2) is 54.6 Å². The van der Waals surface area contributed by atoms with Crippen LogP contribution in [-0.4, -0.2) is 56.2 Å². The average molecular weight is 559 g/mol. The molecule has 0 radical (unpaired) electrons. The van der Waals surface area contributed by atoms with Gasteiger partial charge in [-0.2, -0.15) is 13.1 Å². The van der Waals surface area contributed by atoms with Gasteiger partial charge in [0.15, 0.2) is 16.9 Å². The average Bonchev–Trinajstić information content (AvgIpc) is 3.56. The zero-order valence-corrected chi connectivity index (χ0v) is 21.5. The number of halogens is 2. The van der Waals surface area contributed by atoms with Crippen molar-refractivity contribution >= 4 is 27.8 Å². The van der Waals surface area contributed by atoms with E-state index in [-0.39, 0.29) is 36.1 Å². The van der Waals surface area contributed by atoms with Gasteiger partial charge < -0.3 is 24.5 Å². The quantitative estimate of drug-likeness (QED) is 0.308. The summed E-state index contributed by atoms with van der Waals surface area (Å²) in [5.74, 6) is 0.0166. The molecule has 0 spiro atoms. The number of benzene rings is 1. The molecule has 3 aliphatic rings. The Morgan fingerprint density at radius 3 is 2.78 bits per heavy atom. The second-order valence-electron chi connectivity index (χ2n) is 8.81. The lowest BCUT2D eigenvalue weighted by Crippen LogP contribution is -3.10. The van der Waals surface area contributed by atoms with Crippen LogP contribution in [0.3, 0.4) is 0 Å². The first-order valence-corrected chi connectivity index (χ1v) is 14.3. The summed E-state index contributed by atoms with van der Waals surface area (Å²) in [4.78, 5) is 12.7. The van der Waals surface area contributed by atoms with Gasteiger partial charge in [-0.05, 0) is 49.1 Å². The number of allylic oxidation sites excluding steroid dienone is 2. The van der Waals surface area contributed by atoms with E-state index in [9.17, 15) is 27.2 Å². The largest absolute Gasteiger partial charge is 0.628 e. The highest BCUT2D eigenvalue weighted by molar-refractivity contribution is 8.02. The van der Waals surface area contributed by atoms with E-state index in [2.05, 4.69) is 11.3 Å². The Morgan fingerprint density at radius 1 is 1.32 bits per heavy atom. The van der Waals surface area contributed by atoms with Gasteiger partial charge in [-0.3, -0.25) is 0 Å². The third kappa shape index (κ3) is 6.34. The Morgan fingerprint density at radius 2 is 2.11 bits per heavy atom. The van der Waals surface area contributed by atoms with Gasteiger partial charge in [0, 0.05) is 29.7 Å². The summed E-state index contributed by atoms with van der Waals surface area (Å²) >= 11 is 1.14. The van der Waals surface area contributed by atoms with Crippen LogP contribution in [0.1, 0.15) is 24.8 Å². The monoisotopic (exact) mass is 558 g/mol. The molecule has 1 N–H and O–H groups in total. The number of sulfonamides is 1. The van der Waals surface area contributed by atoms with Gasteiger partial charge in [0.1, 0.15) is 5.54 Å². The molecule has 1 aromatic carbocycles. The highest BCUT2D eigenvalue weighted by Gasteiger charge is 2.41. The minimum atomic E-state index is -3.80. The Kier molecular flexibility index (Phi) is 8.59. The summed E-state index contributed by atoms with van der Waals surface area (Å²) in [7, 11) is -3.80. The van der Waals surface area contributed by atoms with E-state index >= 15 is 0 Å². The Bertz CT molecular complexity index is 1170. The predicted molar refractivity (Wildman–Crippen MR) is 133 cm³/mol. The lowest BCUT2D eigenvalue weighted by atomic mass is 9.84. The van der Waals surface area contributed by atoms with Gasteiger partial charge in [0.25, 0.3) is 0 Å². The summed E-state index contributed by atoms with van der Waals surface area (Å²) < 4.78 is 67.1. The summed E-state index contributed by atoms with van der Waals surface area (Å²) in [5, 5.41) is 12.6. The van der Waals surface area contributed by atoms with Gasteiger partial charge in [-0.25, -0.2) is 13.2 Å². The maximum atomic E-state index is 13.1. The van der Waals surface area contributed by atoms with Crippen LogP contribution in [0.4, 0.5) is 8.78 Å². The summed E-state index contributed by atoms with van der Waals surface area (Å²) in [6, 6.07) is 4.36. The van der Waals surface area contributed by atoms with E-state index < -0.39 is 33.5 Å². The zero-order chi connectivity index (χ0) is 26.6. The maximum Gasteiger partial charge on any atom is 0.387 e. The van der Waals surface area contributed by atoms with Crippen LogP contribution in [0.5, 0.6) is 11.5 Å². The van der Waals surface area contributed by atoms with Crippen molar-refractivity contribution in [3.8, 4) is 11.5 Å². The first kappa shape index (κ1) is 27.6. The zero-order valence-electron chi connectivity index (χ0n) is 19.9. The molecule has 0 aromatic heterocycles. The second kappa shape index (κ2) is 11.5. The summed E-state index contributed by atoms with van der Waals surface area (Å²) in [6.07, 6.45) is 8.35. The summed E-state index contributed by atoms with van der Waals surface area (Å²) in [5.41, 5.74) is -0.779. The van der Waals surface area contributed by atoms with Crippen molar-refractivity contribution in [3.63, 3.8) is 0 Å². The van der Waals surface area contributed by atoms with Gasteiger partial charge in [0.2, 0.25) is 10.0 Å². The fourth-order valence-corrected chi connectivity index (χ4v) is 6.70. The molecule has 2 heterocycles. The molecule has 4 rings (SSSR count). The lowest BCUT2D eigenvalue weighted by Gasteiger charge is -2.41. The van der Waals surface area contributed by atoms with E-state index in [1.54, 1.807) is 18.2 Å². The molecular weight excluding hydrogens is 530 g/mol. The SMILES string of the molecule is C=CS(=O)(=O)N1CCS[C@H]1C(=O)OCC[C@@]1(c2ccc(OC(F)F)c(OCC3CC3)c2)C=CC=C[NH+]1[O-]. The number of carbonyl (C=O) groups is 1. The van der Waals surface area contributed by atoms with Crippen molar-refractivity contribution in [2.45, 2.75) is 36.8 Å². The van der Waals surface area contributed by atoms with Crippen molar-refractivity contribution in [1.29, 1.82) is 0 Å². The maximum absolute atomic E-state index is 13.1. The van der Waals surface area contributed by atoms with Crippen LogP contribution >= 0.6 is 11.8 Å². The number of quaternary nitrogens is 1. The molecule has 9 nitrogen and oxygen atoms in total. The number of esters is 1. The second-order valence-corrected chi connectivity index (χ2v) is 11.8. The summed E-state index contributed by atoms with van der Waals surface area (Å²) in [6.45, 7) is 0.576. The smallest absolute Gasteiger partial charge is 0.387 e. The number of thioether (sulfide) groups is 1.